The summed E-state index contributed by atoms with van der Waals surface area (Å²) in [7, 11) is -4.29. The lowest BCUT2D eigenvalue weighted by Crippen LogP contribution is -2.56. The predicted octanol–water partition coefficient (Wildman–Crippen LogP) is 1.48. The minimum absolute atomic E-state index is 0.0253. The Morgan fingerprint density at radius 3 is 2.06 bits per heavy atom. The van der Waals surface area contributed by atoms with Crippen LogP contribution < -0.4 is 0 Å². The van der Waals surface area contributed by atoms with E-state index in [9.17, 15) is 31.6 Å². The SMILES string of the molecule is CC(C(=O)N1CCN(S(=O)(=O)c2cc(F)ccc2F)CC1)N1C(=O)c2ccccc2C1=O. The fourth-order valence-electron chi connectivity index (χ4n) is 3.90. The highest BCUT2D eigenvalue weighted by Gasteiger charge is 2.42. The zero-order valence-corrected chi connectivity index (χ0v) is 17.8. The first-order chi connectivity index (χ1) is 15.1. The van der Waals surface area contributed by atoms with Crippen LogP contribution in [-0.4, -0.2) is 72.5 Å². The van der Waals surface area contributed by atoms with Crippen molar-refractivity contribution in [2.75, 3.05) is 26.2 Å². The summed E-state index contributed by atoms with van der Waals surface area (Å²) in [6.07, 6.45) is 0. The van der Waals surface area contributed by atoms with Gasteiger partial charge in [0, 0.05) is 26.2 Å². The van der Waals surface area contributed by atoms with Gasteiger partial charge in [-0.05, 0) is 37.3 Å². The van der Waals surface area contributed by atoms with E-state index in [2.05, 4.69) is 0 Å². The van der Waals surface area contributed by atoms with Gasteiger partial charge >= 0.3 is 0 Å². The van der Waals surface area contributed by atoms with E-state index in [0.717, 1.165) is 21.3 Å². The van der Waals surface area contributed by atoms with E-state index in [-0.39, 0.29) is 37.3 Å². The molecule has 1 saturated heterocycles. The van der Waals surface area contributed by atoms with Crippen molar-refractivity contribution < 1.29 is 31.6 Å². The average Bonchev–Trinajstić information content (AvgIpc) is 3.04. The van der Waals surface area contributed by atoms with Gasteiger partial charge in [0.15, 0.2) is 0 Å². The first kappa shape index (κ1) is 22.0. The third kappa shape index (κ3) is 3.56. The van der Waals surface area contributed by atoms with Crippen LogP contribution in [0.15, 0.2) is 47.4 Å². The van der Waals surface area contributed by atoms with Crippen molar-refractivity contribution in [3.05, 3.63) is 65.2 Å². The molecule has 0 N–H and O–H groups in total. The number of sulfonamides is 1. The van der Waals surface area contributed by atoms with Crippen LogP contribution in [-0.2, 0) is 14.8 Å². The van der Waals surface area contributed by atoms with Gasteiger partial charge in [-0.15, -0.1) is 0 Å². The molecule has 2 heterocycles. The molecular formula is C21H19F2N3O5S. The Morgan fingerprint density at radius 2 is 1.50 bits per heavy atom. The predicted molar refractivity (Wildman–Crippen MR) is 108 cm³/mol. The Bertz CT molecular complexity index is 1190. The standard InChI is InChI=1S/C21H19F2N3O5S/c1-13(26-20(28)15-4-2-3-5-16(15)21(26)29)19(27)24-8-10-25(11-9-24)32(30,31)18-12-14(22)6-7-17(18)23/h2-7,12-13H,8-11H2,1H3. The first-order valence-electron chi connectivity index (χ1n) is 9.84. The van der Waals surface area contributed by atoms with Gasteiger partial charge < -0.3 is 4.90 Å². The molecule has 0 aromatic heterocycles. The fraction of sp³-hybridized carbons (Fsp3) is 0.286. The summed E-state index contributed by atoms with van der Waals surface area (Å²) in [5.41, 5.74) is 0.454. The number of piperazine rings is 1. The summed E-state index contributed by atoms with van der Waals surface area (Å²) in [4.78, 5) is 39.7. The van der Waals surface area contributed by atoms with Crippen molar-refractivity contribution >= 4 is 27.7 Å². The van der Waals surface area contributed by atoms with Gasteiger partial charge in [0.2, 0.25) is 15.9 Å². The summed E-state index contributed by atoms with van der Waals surface area (Å²) >= 11 is 0. The number of nitrogens with zero attached hydrogens (tertiary/aromatic N) is 3. The molecule has 2 aromatic rings. The Morgan fingerprint density at radius 1 is 0.938 bits per heavy atom. The molecule has 11 heteroatoms. The maximum atomic E-state index is 14.0. The number of hydrogen-bond donors (Lipinski definition) is 0. The smallest absolute Gasteiger partial charge is 0.262 e. The third-order valence-electron chi connectivity index (χ3n) is 5.63. The van der Waals surface area contributed by atoms with Crippen molar-refractivity contribution in [1.82, 2.24) is 14.1 Å². The molecule has 32 heavy (non-hydrogen) atoms. The van der Waals surface area contributed by atoms with Crippen molar-refractivity contribution in [1.29, 1.82) is 0 Å². The normalized spacial score (nSPS) is 18.1. The Labute approximate surface area is 183 Å². The van der Waals surface area contributed by atoms with Crippen LogP contribution in [0.2, 0.25) is 0 Å². The van der Waals surface area contributed by atoms with Crippen LogP contribution in [0.5, 0.6) is 0 Å². The highest BCUT2D eigenvalue weighted by Crippen LogP contribution is 2.26. The molecule has 8 nitrogen and oxygen atoms in total. The molecule has 168 valence electrons. The maximum Gasteiger partial charge on any atom is 0.262 e. The van der Waals surface area contributed by atoms with E-state index >= 15 is 0 Å². The molecule has 2 aliphatic heterocycles. The average molecular weight is 463 g/mol. The van der Waals surface area contributed by atoms with Crippen LogP contribution in [0.1, 0.15) is 27.6 Å². The molecule has 1 unspecified atom stereocenters. The first-order valence-corrected chi connectivity index (χ1v) is 11.3. The van der Waals surface area contributed by atoms with E-state index in [1.165, 1.54) is 24.0 Å². The maximum absolute atomic E-state index is 14.0. The molecule has 0 radical (unpaired) electrons. The highest BCUT2D eigenvalue weighted by molar-refractivity contribution is 7.89. The van der Waals surface area contributed by atoms with Gasteiger partial charge in [0.05, 0.1) is 11.1 Å². The lowest BCUT2D eigenvalue weighted by Gasteiger charge is -2.36. The van der Waals surface area contributed by atoms with E-state index in [1.54, 1.807) is 12.1 Å². The van der Waals surface area contributed by atoms with Gasteiger partial charge in [0.25, 0.3) is 11.8 Å². The number of fused-ring (bicyclic) bond motifs is 1. The van der Waals surface area contributed by atoms with E-state index in [4.69, 9.17) is 0 Å². The minimum Gasteiger partial charge on any atom is -0.338 e. The second-order valence-electron chi connectivity index (χ2n) is 7.51. The lowest BCUT2D eigenvalue weighted by molar-refractivity contribution is -0.136. The van der Waals surface area contributed by atoms with Crippen LogP contribution in [0.25, 0.3) is 0 Å². The second-order valence-corrected chi connectivity index (χ2v) is 9.41. The number of carbonyl (C=O) groups excluding carboxylic acids is 3. The molecule has 4 rings (SSSR count). The molecule has 1 fully saturated rings. The molecule has 0 spiro atoms. The number of amides is 3. The molecule has 2 aromatic carbocycles. The molecule has 3 amide bonds. The van der Waals surface area contributed by atoms with Crippen LogP contribution in [0.3, 0.4) is 0 Å². The van der Waals surface area contributed by atoms with Crippen molar-refractivity contribution in [2.45, 2.75) is 17.9 Å². The number of carbonyl (C=O) groups is 3. The van der Waals surface area contributed by atoms with Gasteiger partial charge in [-0.25, -0.2) is 17.2 Å². The molecule has 2 aliphatic rings. The topological polar surface area (TPSA) is 95.1 Å². The highest BCUT2D eigenvalue weighted by atomic mass is 32.2. The summed E-state index contributed by atoms with van der Waals surface area (Å²) < 4.78 is 53.8. The third-order valence-corrected chi connectivity index (χ3v) is 7.55. The number of rotatable bonds is 4. The van der Waals surface area contributed by atoms with E-state index in [0.29, 0.717) is 6.07 Å². The zero-order valence-electron chi connectivity index (χ0n) is 17.0. The summed E-state index contributed by atoms with van der Waals surface area (Å²) in [6.45, 7) is 1.11. The van der Waals surface area contributed by atoms with E-state index < -0.39 is 50.3 Å². The summed E-state index contributed by atoms with van der Waals surface area (Å²) in [6, 6.07) is 7.39. The van der Waals surface area contributed by atoms with Crippen molar-refractivity contribution in [3.63, 3.8) is 0 Å². The Kier molecular flexibility index (Phi) is 5.55. The van der Waals surface area contributed by atoms with E-state index in [1.807, 2.05) is 0 Å². The molecular weight excluding hydrogens is 444 g/mol. The molecule has 1 atom stereocenters. The van der Waals surface area contributed by atoms with Gasteiger partial charge in [0.1, 0.15) is 22.6 Å². The molecule has 0 bridgehead atoms. The number of hydrogen-bond acceptors (Lipinski definition) is 5. The quantitative estimate of drug-likeness (QED) is 0.641. The van der Waals surface area contributed by atoms with Gasteiger partial charge in [-0.2, -0.15) is 4.31 Å². The lowest BCUT2D eigenvalue weighted by atomic mass is 10.1. The van der Waals surface area contributed by atoms with Crippen LogP contribution >= 0.6 is 0 Å². The summed E-state index contributed by atoms with van der Waals surface area (Å²) in [5, 5.41) is 0. The Hall–Kier alpha value is -3.18. The number of imide groups is 1. The Balaban J connectivity index is 1.46. The van der Waals surface area contributed by atoms with Crippen molar-refractivity contribution in [3.8, 4) is 0 Å². The zero-order chi connectivity index (χ0) is 23.2. The number of benzene rings is 2. The van der Waals surface area contributed by atoms with Crippen LogP contribution in [0, 0.1) is 11.6 Å². The molecule has 0 aliphatic carbocycles. The second kappa shape index (κ2) is 8.06. The molecule has 0 saturated carbocycles. The fourth-order valence-corrected chi connectivity index (χ4v) is 5.40. The largest absolute Gasteiger partial charge is 0.338 e. The monoisotopic (exact) mass is 463 g/mol. The minimum atomic E-state index is -4.29. The number of halogens is 2. The van der Waals surface area contributed by atoms with Gasteiger partial charge in [-0.1, -0.05) is 12.1 Å². The van der Waals surface area contributed by atoms with Gasteiger partial charge in [-0.3, -0.25) is 19.3 Å². The van der Waals surface area contributed by atoms with Crippen LogP contribution in [0.4, 0.5) is 8.78 Å². The van der Waals surface area contributed by atoms with Crippen molar-refractivity contribution in [2.24, 2.45) is 0 Å². The summed E-state index contributed by atoms with van der Waals surface area (Å²) in [5.74, 6) is -3.57.